The van der Waals surface area contributed by atoms with E-state index < -0.39 is 41.8 Å². The first-order valence-corrected chi connectivity index (χ1v) is 16.3. The number of hydrogen-bond donors (Lipinski definition) is 6. The Hall–Kier alpha value is -4.30. The molecule has 47 heavy (non-hydrogen) atoms. The predicted octanol–water partition coefficient (Wildman–Crippen LogP) is 6.17. The number of rotatable bonds is 12. The van der Waals surface area contributed by atoms with E-state index >= 15 is 0 Å². The van der Waals surface area contributed by atoms with E-state index in [0.717, 1.165) is 0 Å². The van der Waals surface area contributed by atoms with Gasteiger partial charge in [0.1, 0.15) is 11.4 Å². The molecule has 0 saturated heterocycles. The SMILES string of the molecule is CCC(CC)(c1ccc(Nc2ncc(C(F)(F)F)c(Nc3ccc(-c4cnn(CC(C)(C)O)c4)cc3C(=O)NC)n2)cc1)P(=O)(O)O. The predicted molar refractivity (Wildman–Crippen MR) is 172 cm³/mol. The van der Waals surface area contributed by atoms with E-state index in [2.05, 4.69) is 31.0 Å². The fraction of sp³-hybridized carbons (Fsp3) is 0.355. The maximum absolute atomic E-state index is 14.0. The first-order chi connectivity index (χ1) is 21.9. The standard InChI is InChI=1S/C31H37F3N7O5P/c1-6-30(7-2,47(44,45)46)21-9-11-22(12-10-21)38-28-36-16-24(31(32,33)34)26(40-28)39-25-13-8-19(14-23(25)27(42)35-5)20-15-37-41(17-20)18-29(3,4)43/h8-17,43H,6-7,18H2,1-5H3,(H,35,42)(H2,44,45,46)(H2,36,38,39,40). The Kier molecular flexibility index (Phi) is 10.2. The highest BCUT2D eigenvalue weighted by Crippen LogP contribution is 2.61. The van der Waals surface area contributed by atoms with Crippen LogP contribution in [0.2, 0.25) is 0 Å². The Bertz CT molecular complexity index is 1780. The van der Waals surface area contributed by atoms with Crippen LogP contribution in [-0.2, 0) is 22.4 Å². The van der Waals surface area contributed by atoms with Crippen LogP contribution in [0.25, 0.3) is 11.1 Å². The summed E-state index contributed by atoms with van der Waals surface area (Å²) in [4.78, 5) is 40.9. The summed E-state index contributed by atoms with van der Waals surface area (Å²) in [5.74, 6) is -1.37. The third-order valence-corrected chi connectivity index (χ3v) is 9.77. The molecule has 2 aromatic heterocycles. The van der Waals surface area contributed by atoms with E-state index in [1.165, 1.54) is 31.3 Å². The van der Waals surface area contributed by atoms with Crippen molar-refractivity contribution in [3.8, 4) is 11.1 Å². The number of anilines is 4. The van der Waals surface area contributed by atoms with E-state index in [0.29, 0.717) is 28.6 Å². The van der Waals surface area contributed by atoms with Crippen LogP contribution in [0.1, 0.15) is 62.0 Å². The molecule has 0 atom stereocenters. The normalized spacial score (nSPS) is 12.6. The number of hydrogen-bond acceptors (Lipinski definition) is 8. The zero-order valence-corrected chi connectivity index (χ0v) is 27.3. The number of aromatic nitrogens is 4. The van der Waals surface area contributed by atoms with Crippen LogP contribution in [0.5, 0.6) is 0 Å². The molecule has 0 aliphatic carbocycles. The summed E-state index contributed by atoms with van der Waals surface area (Å²) >= 11 is 0. The lowest BCUT2D eigenvalue weighted by molar-refractivity contribution is -0.137. The molecule has 4 rings (SSSR count). The van der Waals surface area contributed by atoms with Crippen LogP contribution in [0.4, 0.5) is 36.3 Å². The number of halogens is 3. The molecule has 0 aliphatic heterocycles. The van der Waals surface area contributed by atoms with Gasteiger partial charge in [-0.25, -0.2) is 4.98 Å². The second kappa shape index (κ2) is 13.4. The summed E-state index contributed by atoms with van der Waals surface area (Å²) in [7, 11) is -3.12. The topological polar surface area (TPSA) is 175 Å². The number of carbonyl (C=O) groups is 1. The first kappa shape index (κ1) is 35.6. The lowest BCUT2D eigenvalue weighted by Crippen LogP contribution is -2.26. The molecular formula is C31H37F3N7O5P. The molecule has 6 N–H and O–H groups in total. The van der Waals surface area contributed by atoms with E-state index in [-0.39, 0.29) is 36.6 Å². The molecule has 4 aromatic rings. The number of aliphatic hydroxyl groups is 1. The minimum Gasteiger partial charge on any atom is -0.389 e. The lowest BCUT2D eigenvalue weighted by atomic mass is 9.92. The number of amides is 1. The molecule has 2 aromatic carbocycles. The van der Waals surface area contributed by atoms with Crippen LogP contribution in [0.3, 0.4) is 0 Å². The number of carbonyl (C=O) groups excluding carboxylic acids is 1. The molecule has 16 heteroatoms. The van der Waals surface area contributed by atoms with E-state index in [1.807, 2.05) is 0 Å². The van der Waals surface area contributed by atoms with Gasteiger partial charge < -0.3 is 30.8 Å². The van der Waals surface area contributed by atoms with Gasteiger partial charge in [0.05, 0.1) is 34.7 Å². The Morgan fingerprint density at radius 1 is 0.979 bits per heavy atom. The van der Waals surface area contributed by atoms with Crippen molar-refractivity contribution in [2.75, 3.05) is 17.7 Å². The van der Waals surface area contributed by atoms with Crippen LogP contribution < -0.4 is 16.0 Å². The van der Waals surface area contributed by atoms with Crippen LogP contribution in [-0.4, -0.2) is 53.2 Å². The molecule has 0 saturated carbocycles. The lowest BCUT2D eigenvalue weighted by Gasteiger charge is -2.33. The Labute approximate surface area is 269 Å². The molecule has 0 unspecified atom stereocenters. The van der Waals surface area contributed by atoms with Crippen molar-refractivity contribution in [2.45, 2.75) is 64.0 Å². The van der Waals surface area contributed by atoms with Crippen molar-refractivity contribution in [2.24, 2.45) is 0 Å². The highest BCUT2D eigenvalue weighted by atomic mass is 31.2. The summed E-state index contributed by atoms with van der Waals surface area (Å²) in [5, 5.41) is 20.9. The zero-order valence-electron chi connectivity index (χ0n) is 26.4. The van der Waals surface area contributed by atoms with Gasteiger partial charge in [-0.1, -0.05) is 32.0 Å². The van der Waals surface area contributed by atoms with Gasteiger partial charge in [0, 0.05) is 30.7 Å². The van der Waals surface area contributed by atoms with Crippen molar-refractivity contribution in [1.82, 2.24) is 25.1 Å². The van der Waals surface area contributed by atoms with E-state index in [1.54, 1.807) is 63.0 Å². The summed E-state index contributed by atoms with van der Waals surface area (Å²) in [6.45, 7) is 6.87. The Morgan fingerprint density at radius 3 is 2.19 bits per heavy atom. The molecule has 12 nitrogen and oxygen atoms in total. The van der Waals surface area contributed by atoms with Crippen molar-refractivity contribution in [3.63, 3.8) is 0 Å². The number of nitrogens with zero attached hydrogens (tertiary/aromatic N) is 4. The smallest absolute Gasteiger partial charge is 0.389 e. The second-order valence-electron chi connectivity index (χ2n) is 11.6. The van der Waals surface area contributed by atoms with Gasteiger partial charge in [0.25, 0.3) is 5.91 Å². The fourth-order valence-corrected chi connectivity index (χ4v) is 6.56. The zero-order chi connectivity index (χ0) is 34.8. The van der Waals surface area contributed by atoms with Crippen LogP contribution in [0, 0.1) is 0 Å². The van der Waals surface area contributed by atoms with Gasteiger partial charge in [0.2, 0.25) is 5.95 Å². The van der Waals surface area contributed by atoms with Gasteiger partial charge in [-0.3, -0.25) is 14.0 Å². The summed E-state index contributed by atoms with van der Waals surface area (Å²) in [6.07, 6.45) is -0.595. The molecule has 1 amide bonds. The van der Waals surface area contributed by atoms with Crippen LogP contribution in [0.15, 0.2) is 61.1 Å². The molecule has 0 aliphatic rings. The van der Waals surface area contributed by atoms with Crippen LogP contribution >= 0.6 is 7.60 Å². The van der Waals surface area contributed by atoms with Gasteiger partial charge in [-0.15, -0.1) is 0 Å². The fourth-order valence-electron chi connectivity index (χ4n) is 5.25. The van der Waals surface area contributed by atoms with Crippen molar-refractivity contribution in [1.29, 1.82) is 0 Å². The molecule has 0 radical (unpaired) electrons. The highest BCUT2D eigenvalue weighted by Gasteiger charge is 2.45. The number of alkyl halides is 3. The Balaban J connectivity index is 1.68. The molecule has 0 spiro atoms. The number of benzene rings is 2. The molecule has 0 bridgehead atoms. The monoisotopic (exact) mass is 675 g/mol. The molecule has 252 valence electrons. The van der Waals surface area contributed by atoms with Gasteiger partial charge >= 0.3 is 13.8 Å². The van der Waals surface area contributed by atoms with Gasteiger partial charge in [-0.05, 0) is 62.1 Å². The molecule has 2 heterocycles. The van der Waals surface area contributed by atoms with Crippen molar-refractivity contribution >= 4 is 36.6 Å². The quantitative estimate of drug-likeness (QED) is 0.0953. The summed E-state index contributed by atoms with van der Waals surface area (Å²) < 4.78 is 56.0. The maximum Gasteiger partial charge on any atom is 0.421 e. The van der Waals surface area contributed by atoms with Crippen molar-refractivity contribution in [3.05, 3.63) is 77.7 Å². The average molecular weight is 676 g/mol. The molecular weight excluding hydrogens is 638 g/mol. The Morgan fingerprint density at radius 2 is 1.64 bits per heavy atom. The summed E-state index contributed by atoms with van der Waals surface area (Å²) in [6, 6.07) is 10.7. The van der Waals surface area contributed by atoms with Crippen molar-refractivity contribution < 1.29 is 37.4 Å². The molecule has 0 fully saturated rings. The average Bonchev–Trinajstić information content (AvgIpc) is 3.44. The minimum atomic E-state index is -4.84. The second-order valence-corrected chi connectivity index (χ2v) is 13.6. The highest BCUT2D eigenvalue weighted by molar-refractivity contribution is 7.53. The van der Waals surface area contributed by atoms with Gasteiger partial charge in [-0.2, -0.15) is 23.3 Å². The largest absolute Gasteiger partial charge is 0.421 e. The third-order valence-electron chi connectivity index (χ3n) is 7.76. The minimum absolute atomic E-state index is 0.0393. The van der Waals surface area contributed by atoms with E-state index in [4.69, 9.17) is 0 Å². The third kappa shape index (κ3) is 7.99. The van der Waals surface area contributed by atoms with E-state index in [9.17, 15) is 37.4 Å². The first-order valence-electron chi connectivity index (χ1n) is 14.7. The number of nitrogens with one attached hydrogen (secondary N) is 3. The summed E-state index contributed by atoms with van der Waals surface area (Å²) in [5.41, 5.74) is -0.125. The maximum atomic E-state index is 14.0. The van der Waals surface area contributed by atoms with Gasteiger partial charge in [0.15, 0.2) is 0 Å².